The molecule has 120 valence electrons. The van der Waals surface area contributed by atoms with Crippen molar-refractivity contribution in [1.82, 2.24) is 5.32 Å². The Kier molecular flexibility index (Phi) is 6.11. The zero-order chi connectivity index (χ0) is 16.7. The Balaban J connectivity index is 2.02. The van der Waals surface area contributed by atoms with Gasteiger partial charge in [-0.15, -0.1) is 0 Å². The van der Waals surface area contributed by atoms with E-state index in [9.17, 15) is 4.79 Å². The van der Waals surface area contributed by atoms with Gasteiger partial charge in [-0.2, -0.15) is 0 Å². The summed E-state index contributed by atoms with van der Waals surface area (Å²) in [6.07, 6.45) is 0.919. The van der Waals surface area contributed by atoms with Crippen molar-refractivity contribution in [1.29, 1.82) is 0 Å². The van der Waals surface area contributed by atoms with Gasteiger partial charge in [0, 0.05) is 18.3 Å². The predicted molar refractivity (Wildman–Crippen MR) is 97.1 cm³/mol. The van der Waals surface area contributed by atoms with Crippen LogP contribution in [0.4, 0.5) is 5.69 Å². The zero-order valence-electron chi connectivity index (χ0n) is 13.3. The first-order chi connectivity index (χ1) is 11.1. The molecule has 0 bridgehead atoms. The van der Waals surface area contributed by atoms with E-state index in [1.54, 1.807) is 23.1 Å². The minimum atomic E-state index is -0.250. The third-order valence-corrected chi connectivity index (χ3v) is 3.61. The van der Waals surface area contributed by atoms with Crippen LogP contribution in [0.2, 0.25) is 0 Å². The summed E-state index contributed by atoms with van der Waals surface area (Å²) in [6.45, 7) is 2.66. The van der Waals surface area contributed by atoms with Crippen LogP contribution in [0.5, 0.6) is 5.75 Å². The Morgan fingerprint density at radius 1 is 1.17 bits per heavy atom. The Morgan fingerprint density at radius 3 is 2.61 bits per heavy atom. The summed E-state index contributed by atoms with van der Waals surface area (Å²) in [5, 5.41) is 3.09. The second kappa shape index (κ2) is 8.29. The van der Waals surface area contributed by atoms with E-state index in [0.717, 1.165) is 12.1 Å². The Bertz CT molecular complexity index is 674. The predicted octanol–water partition coefficient (Wildman–Crippen LogP) is 3.63. The maximum absolute atomic E-state index is 12.3. The van der Waals surface area contributed by atoms with Crippen LogP contribution in [0.1, 0.15) is 23.7 Å². The van der Waals surface area contributed by atoms with Crippen molar-refractivity contribution in [3.8, 4) is 5.75 Å². The lowest BCUT2D eigenvalue weighted by molar-refractivity contribution is 0.0977. The number of carbonyl (C=O) groups excluding carboxylic acids is 1. The molecule has 2 rings (SSSR count). The van der Waals surface area contributed by atoms with Gasteiger partial charge < -0.3 is 9.64 Å². The van der Waals surface area contributed by atoms with Crippen LogP contribution in [0.25, 0.3) is 0 Å². The van der Waals surface area contributed by atoms with Crippen LogP contribution < -0.4 is 15.0 Å². The molecule has 1 N–H and O–H groups in total. The van der Waals surface area contributed by atoms with Crippen LogP contribution in [-0.2, 0) is 0 Å². The number of ether oxygens (including phenoxy) is 1. The van der Waals surface area contributed by atoms with E-state index in [1.165, 1.54) is 0 Å². The molecule has 0 saturated carbocycles. The van der Waals surface area contributed by atoms with Gasteiger partial charge in [0.25, 0.3) is 5.91 Å². The Labute approximate surface area is 142 Å². The smallest absolute Gasteiger partial charge is 0.257 e. The number of hydrogen-bond donors (Lipinski definition) is 1. The maximum atomic E-state index is 12.3. The normalized spacial score (nSPS) is 10.0. The Morgan fingerprint density at radius 2 is 1.91 bits per heavy atom. The molecule has 0 aliphatic heterocycles. The number of rotatable bonds is 5. The quantitative estimate of drug-likeness (QED) is 0.851. The molecule has 0 radical (unpaired) electrons. The van der Waals surface area contributed by atoms with Crippen molar-refractivity contribution in [3.05, 3.63) is 60.2 Å². The fraction of sp³-hybridized carbons (Fsp3) is 0.222. The Hall–Kier alpha value is -2.40. The highest BCUT2D eigenvalue weighted by Crippen LogP contribution is 2.14. The number of carbonyl (C=O) groups is 1. The van der Waals surface area contributed by atoms with Crippen LogP contribution in [0.3, 0.4) is 0 Å². The molecule has 0 unspecified atom stereocenters. The van der Waals surface area contributed by atoms with Crippen LogP contribution in [0.15, 0.2) is 54.6 Å². The first-order valence-electron chi connectivity index (χ1n) is 7.48. The molecule has 4 nitrogen and oxygen atoms in total. The van der Waals surface area contributed by atoms with Crippen molar-refractivity contribution >= 4 is 28.9 Å². The molecular formula is C18H20N2O2S. The zero-order valence-corrected chi connectivity index (χ0v) is 14.1. The number of hydrogen-bond acceptors (Lipinski definition) is 3. The standard InChI is InChI=1S/C18H20N2O2S/c1-3-12-22-16-11-7-8-14(13-16)17(21)19-18(23)20(2)15-9-5-4-6-10-15/h4-11,13H,3,12H2,1-2H3,(H,19,21,23). The van der Waals surface area contributed by atoms with Gasteiger partial charge in [0.2, 0.25) is 0 Å². The first kappa shape index (κ1) is 17.0. The van der Waals surface area contributed by atoms with Gasteiger partial charge >= 0.3 is 0 Å². The topological polar surface area (TPSA) is 41.6 Å². The fourth-order valence-electron chi connectivity index (χ4n) is 1.97. The molecule has 23 heavy (non-hydrogen) atoms. The lowest BCUT2D eigenvalue weighted by atomic mass is 10.2. The number of anilines is 1. The first-order valence-corrected chi connectivity index (χ1v) is 7.89. The minimum absolute atomic E-state index is 0.250. The molecule has 2 aromatic carbocycles. The highest BCUT2D eigenvalue weighted by molar-refractivity contribution is 7.80. The van der Waals surface area contributed by atoms with Gasteiger partial charge in [-0.25, -0.2) is 0 Å². The SMILES string of the molecule is CCCOc1cccc(C(=O)NC(=S)N(C)c2ccccc2)c1. The number of amides is 1. The van der Waals surface area contributed by atoms with Gasteiger partial charge in [0.05, 0.1) is 6.61 Å². The van der Waals surface area contributed by atoms with Crippen LogP contribution in [0, 0.1) is 0 Å². The molecule has 5 heteroatoms. The molecule has 0 aromatic heterocycles. The summed E-state index contributed by atoms with van der Waals surface area (Å²) < 4.78 is 5.54. The largest absolute Gasteiger partial charge is 0.494 e. The third-order valence-electron chi connectivity index (χ3n) is 3.24. The van der Waals surface area contributed by atoms with E-state index >= 15 is 0 Å². The number of benzene rings is 2. The number of nitrogens with zero attached hydrogens (tertiary/aromatic N) is 1. The van der Waals surface area contributed by atoms with Crippen molar-refractivity contribution in [2.75, 3.05) is 18.6 Å². The average molecular weight is 328 g/mol. The molecule has 0 spiro atoms. The summed E-state index contributed by atoms with van der Waals surface area (Å²) in [5.41, 5.74) is 1.43. The van der Waals surface area contributed by atoms with E-state index in [2.05, 4.69) is 5.32 Å². The lowest BCUT2D eigenvalue weighted by Gasteiger charge is -2.20. The molecule has 0 heterocycles. The van der Waals surface area contributed by atoms with Gasteiger partial charge in [0.15, 0.2) is 5.11 Å². The second-order valence-corrected chi connectivity index (χ2v) is 5.42. The summed E-state index contributed by atoms with van der Waals surface area (Å²) in [6, 6.07) is 16.7. The lowest BCUT2D eigenvalue weighted by Crippen LogP contribution is -2.40. The monoisotopic (exact) mass is 328 g/mol. The molecule has 1 amide bonds. The van der Waals surface area contributed by atoms with Crippen molar-refractivity contribution in [3.63, 3.8) is 0 Å². The van der Waals surface area contributed by atoms with Gasteiger partial charge in [-0.3, -0.25) is 10.1 Å². The highest BCUT2D eigenvalue weighted by Gasteiger charge is 2.12. The third kappa shape index (κ3) is 4.79. The molecular weight excluding hydrogens is 308 g/mol. The van der Waals surface area contributed by atoms with E-state index < -0.39 is 0 Å². The highest BCUT2D eigenvalue weighted by atomic mass is 32.1. The van der Waals surface area contributed by atoms with E-state index in [4.69, 9.17) is 17.0 Å². The van der Waals surface area contributed by atoms with Crippen LogP contribution >= 0.6 is 12.2 Å². The molecule has 0 atom stereocenters. The number of para-hydroxylation sites is 1. The van der Waals surface area contributed by atoms with Crippen molar-refractivity contribution in [2.24, 2.45) is 0 Å². The van der Waals surface area contributed by atoms with Crippen molar-refractivity contribution < 1.29 is 9.53 Å². The van der Waals surface area contributed by atoms with Crippen molar-refractivity contribution in [2.45, 2.75) is 13.3 Å². The summed E-state index contributed by atoms with van der Waals surface area (Å²) in [7, 11) is 1.82. The maximum Gasteiger partial charge on any atom is 0.257 e. The van der Waals surface area contributed by atoms with E-state index in [0.29, 0.717) is 23.0 Å². The molecule has 0 fully saturated rings. The summed E-state index contributed by atoms with van der Waals surface area (Å²) in [5.74, 6) is 0.432. The summed E-state index contributed by atoms with van der Waals surface area (Å²) >= 11 is 5.30. The fourth-order valence-corrected chi connectivity index (χ4v) is 2.17. The molecule has 0 aliphatic carbocycles. The van der Waals surface area contributed by atoms with Crippen LogP contribution in [-0.4, -0.2) is 24.7 Å². The number of thiocarbonyl (C=S) groups is 1. The van der Waals surface area contributed by atoms with E-state index in [1.807, 2.05) is 50.4 Å². The molecule has 2 aromatic rings. The average Bonchev–Trinajstić information content (AvgIpc) is 2.60. The number of nitrogens with one attached hydrogen (secondary N) is 1. The second-order valence-electron chi connectivity index (χ2n) is 5.03. The van der Waals surface area contributed by atoms with E-state index in [-0.39, 0.29) is 5.91 Å². The van der Waals surface area contributed by atoms with Gasteiger partial charge in [-0.1, -0.05) is 31.2 Å². The summed E-state index contributed by atoms with van der Waals surface area (Å²) in [4.78, 5) is 14.1. The van der Waals surface area contributed by atoms with Gasteiger partial charge in [0.1, 0.15) is 5.75 Å². The molecule has 0 saturated heterocycles. The molecule has 0 aliphatic rings. The van der Waals surface area contributed by atoms with Gasteiger partial charge in [-0.05, 0) is 49.0 Å². The minimum Gasteiger partial charge on any atom is -0.494 e.